The SMILES string of the molecule is C/C=C(/NNC(=S)Nc1cc(C)ccc1C)c1ccc(OC(F)F)cc1. The van der Waals surface area contributed by atoms with E-state index in [9.17, 15) is 8.78 Å². The molecular formula is C19H21F2N3OS. The van der Waals surface area contributed by atoms with E-state index in [4.69, 9.17) is 12.2 Å². The van der Waals surface area contributed by atoms with Gasteiger partial charge in [-0.1, -0.05) is 18.2 Å². The molecule has 0 atom stereocenters. The smallest absolute Gasteiger partial charge is 0.387 e. The predicted molar refractivity (Wildman–Crippen MR) is 105 cm³/mol. The summed E-state index contributed by atoms with van der Waals surface area (Å²) in [4.78, 5) is 0. The van der Waals surface area contributed by atoms with Crippen LogP contribution < -0.4 is 20.9 Å². The number of hydrogen-bond acceptors (Lipinski definition) is 3. The number of thiocarbonyl (C=S) groups is 1. The number of halogens is 2. The summed E-state index contributed by atoms with van der Waals surface area (Å²) in [5.74, 6) is 0.110. The Morgan fingerprint density at radius 1 is 1.08 bits per heavy atom. The Labute approximate surface area is 157 Å². The zero-order valence-corrected chi connectivity index (χ0v) is 15.6. The molecule has 0 radical (unpaired) electrons. The summed E-state index contributed by atoms with van der Waals surface area (Å²) >= 11 is 5.31. The first kappa shape index (κ1) is 19.7. The highest BCUT2D eigenvalue weighted by molar-refractivity contribution is 7.80. The number of anilines is 1. The fraction of sp³-hybridized carbons (Fsp3) is 0.211. The molecular weight excluding hydrogens is 356 g/mol. The number of benzene rings is 2. The molecule has 0 aromatic heterocycles. The normalized spacial score (nSPS) is 11.2. The van der Waals surface area contributed by atoms with Crippen molar-refractivity contribution in [3.8, 4) is 5.75 Å². The Balaban J connectivity index is 1.96. The standard InChI is InChI=1S/C19H21F2N3OS/c1-4-16(14-7-9-15(10-8-14)25-18(20)21)23-24-19(26)22-17-11-12(2)5-6-13(17)3/h4-11,18,23H,1-3H3,(H2,22,24,26)/b16-4+. The van der Waals surface area contributed by atoms with E-state index in [1.54, 1.807) is 12.1 Å². The summed E-state index contributed by atoms with van der Waals surface area (Å²) in [5.41, 5.74) is 10.6. The van der Waals surface area contributed by atoms with E-state index in [-0.39, 0.29) is 5.75 Å². The van der Waals surface area contributed by atoms with Gasteiger partial charge in [-0.15, -0.1) is 0 Å². The van der Waals surface area contributed by atoms with Crippen molar-refractivity contribution in [2.24, 2.45) is 0 Å². The minimum Gasteiger partial charge on any atom is -0.435 e. The zero-order valence-electron chi connectivity index (χ0n) is 14.8. The Morgan fingerprint density at radius 3 is 2.38 bits per heavy atom. The third kappa shape index (κ3) is 5.70. The van der Waals surface area contributed by atoms with Crippen molar-refractivity contribution < 1.29 is 13.5 Å². The maximum atomic E-state index is 12.2. The van der Waals surface area contributed by atoms with Crippen LogP contribution in [0, 0.1) is 13.8 Å². The molecule has 0 saturated carbocycles. The second kappa shape index (κ2) is 9.15. The van der Waals surface area contributed by atoms with Gasteiger partial charge in [-0.2, -0.15) is 8.78 Å². The lowest BCUT2D eigenvalue weighted by atomic mass is 10.1. The van der Waals surface area contributed by atoms with Crippen LogP contribution in [0.4, 0.5) is 14.5 Å². The first-order chi connectivity index (χ1) is 12.4. The van der Waals surface area contributed by atoms with Crippen LogP contribution >= 0.6 is 12.2 Å². The third-order valence-electron chi connectivity index (χ3n) is 3.63. The molecule has 138 valence electrons. The minimum absolute atomic E-state index is 0.110. The highest BCUT2D eigenvalue weighted by Crippen LogP contribution is 2.19. The van der Waals surface area contributed by atoms with Crippen LogP contribution in [0.3, 0.4) is 0 Å². The Morgan fingerprint density at radius 2 is 1.77 bits per heavy atom. The van der Waals surface area contributed by atoms with E-state index in [1.165, 1.54) is 12.1 Å². The van der Waals surface area contributed by atoms with Gasteiger partial charge in [0.1, 0.15) is 5.75 Å². The number of ether oxygens (including phenoxy) is 1. The molecule has 2 aromatic rings. The van der Waals surface area contributed by atoms with Crippen LogP contribution in [0.1, 0.15) is 23.6 Å². The molecule has 26 heavy (non-hydrogen) atoms. The van der Waals surface area contributed by atoms with Crippen LogP contribution in [-0.2, 0) is 0 Å². The van der Waals surface area contributed by atoms with Crippen molar-refractivity contribution >= 4 is 28.7 Å². The first-order valence-electron chi connectivity index (χ1n) is 8.01. The fourth-order valence-electron chi connectivity index (χ4n) is 2.28. The number of allylic oxidation sites excluding steroid dienone is 1. The van der Waals surface area contributed by atoms with Crippen LogP contribution in [-0.4, -0.2) is 11.7 Å². The topological polar surface area (TPSA) is 45.3 Å². The molecule has 2 rings (SSSR count). The van der Waals surface area contributed by atoms with Crippen LogP contribution in [0.25, 0.3) is 5.70 Å². The third-order valence-corrected chi connectivity index (χ3v) is 3.84. The predicted octanol–water partition coefficient (Wildman–Crippen LogP) is 4.76. The van der Waals surface area contributed by atoms with E-state index >= 15 is 0 Å². The molecule has 0 aliphatic rings. The lowest BCUT2D eigenvalue weighted by Crippen LogP contribution is -2.39. The summed E-state index contributed by atoms with van der Waals surface area (Å²) in [6.07, 6.45) is 1.84. The zero-order chi connectivity index (χ0) is 19.1. The Hall–Kier alpha value is -2.67. The molecule has 0 fully saturated rings. The highest BCUT2D eigenvalue weighted by Gasteiger charge is 2.06. The molecule has 0 saturated heterocycles. The molecule has 0 unspecified atom stereocenters. The van der Waals surface area contributed by atoms with Crippen molar-refractivity contribution in [1.82, 2.24) is 10.9 Å². The number of hydrazine groups is 1. The molecule has 0 spiro atoms. The monoisotopic (exact) mass is 377 g/mol. The Kier molecular flexibility index (Phi) is 6.91. The molecule has 0 amide bonds. The molecule has 0 bridgehead atoms. The van der Waals surface area contributed by atoms with Crippen LogP contribution in [0.15, 0.2) is 48.5 Å². The number of aryl methyl sites for hydroxylation is 2. The van der Waals surface area contributed by atoms with Gasteiger partial charge in [0, 0.05) is 5.69 Å². The number of rotatable bonds is 6. The number of hydrogen-bond donors (Lipinski definition) is 3. The summed E-state index contributed by atoms with van der Waals surface area (Å²) < 4.78 is 28.8. The van der Waals surface area contributed by atoms with Crippen LogP contribution in [0.2, 0.25) is 0 Å². The maximum absolute atomic E-state index is 12.2. The second-order valence-electron chi connectivity index (χ2n) is 5.63. The molecule has 7 heteroatoms. The van der Waals surface area contributed by atoms with Gasteiger partial charge in [0.05, 0.1) is 5.70 Å². The largest absolute Gasteiger partial charge is 0.435 e. The van der Waals surface area contributed by atoms with Gasteiger partial charge in [0.15, 0.2) is 5.11 Å². The average Bonchev–Trinajstić information content (AvgIpc) is 2.59. The van der Waals surface area contributed by atoms with E-state index < -0.39 is 6.61 Å². The summed E-state index contributed by atoms with van der Waals surface area (Å²) in [7, 11) is 0. The van der Waals surface area contributed by atoms with Gasteiger partial charge in [-0.3, -0.25) is 10.9 Å². The average molecular weight is 377 g/mol. The highest BCUT2D eigenvalue weighted by atomic mass is 32.1. The molecule has 2 aromatic carbocycles. The Bertz CT molecular complexity index is 792. The maximum Gasteiger partial charge on any atom is 0.387 e. The van der Waals surface area contributed by atoms with Gasteiger partial charge in [-0.25, -0.2) is 0 Å². The quantitative estimate of drug-likeness (QED) is 0.501. The van der Waals surface area contributed by atoms with Gasteiger partial charge in [0.2, 0.25) is 0 Å². The van der Waals surface area contributed by atoms with Crippen LogP contribution in [0.5, 0.6) is 5.75 Å². The molecule has 0 heterocycles. The van der Waals surface area contributed by atoms with Gasteiger partial charge in [-0.05, 0) is 80.0 Å². The molecule has 3 N–H and O–H groups in total. The number of nitrogens with one attached hydrogen (secondary N) is 3. The van der Waals surface area contributed by atoms with Crippen molar-refractivity contribution in [2.75, 3.05) is 5.32 Å². The molecule has 0 aliphatic carbocycles. The lowest BCUT2D eigenvalue weighted by molar-refractivity contribution is -0.0498. The van der Waals surface area contributed by atoms with E-state index in [0.717, 1.165) is 28.1 Å². The van der Waals surface area contributed by atoms with Crippen molar-refractivity contribution in [2.45, 2.75) is 27.4 Å². The van der Waals surface area contributed by atoms with Crippen molar-refractivity contribution in [3.63, 3.8) is 0 Å². The number of alkyl halides is 2. The van der Waals surface area contributed by atoms with Gasteiger partial charge >= 0.3 is 6.61 Å². The minimum atomic E-state index is -2.84. The summed E-state index contributed by atoms with van der Waals surface area (Å²) in [5, 5.41) is 3.55. The van der Waals surface area contributed by atoms with Crippen molar-refractivity contribution in [1.29, 1.82) is 0 Å². The summed E-state index contributed by atoms with van der Waals surface area (Å²) in [6, 6.07) is 12.4. The fourth-order valence-corrected chi connectivity index (χ4v) is 2.44. The molecule has 4 nitrogen and oxygen atoms in total. The van der Waals surface area contributed by atoms with Gasteiger partial charge < -0.3 is 10.1 Å². The van der Waals surface area contributed by atoms with Gasteiger partial charge in [0.25, 0.3) is 0 Å². The van der Waals surface area contributed by atoms with E-state index in [1.807, 2.05) is 45.0 Å². The van der Waals surface area contributed by atoms with E-state index in [2.05, 4.69) is 20.9 Å². The van der Waals surface area contributed by atoms with E-state index in [0.29, 0.717) is 5.11 Å². The second-order valence-corrected chi connectivity index (χ2v) is 6.04. The summed E-state index contributed by atoms with van der Waals surface area (Å²) in [6.45, 7) is 3.03. The lowest BCUT2D eigenvalue weighted by Gasteiger charge is -2.16. The van der Waals surface area contributed by atoms with Crippen molar-refractivity contribution in [3.05, 3.63) is 65.2 Å². The molecule has 0 aliphatic heterocycles. The first-order valence-corrected chi connectivity index (χ1v) is 8.41.